The van der Waals surface area contributed by atoms with Crippen LogP contribution >= 0.6 is 0 Å². The number of anilines is 1. The van der Waals surface area contributed by atoms with E-state index in [1.54, 1.807) is 0 Å². The van der Waals surface area contributed by atoms with Gasteiger partial charge in [-0.05, 0) is 31.9 Å². The largest absolute Gasteiger partial charge is 0.398 e. The van der Waals surface area contributed by atoms with Crippen LogP contribution in [-0.2, 0) is 10.0 Å². The molecule has 0 saturated heterocycles. The molecule has 100 valence electrons. The quantitative estimate of drug-likeness (QED) is 0.827. The van der Waals surface area contributed by atoms with E-state index in [9.17, 15) is 12.8 Å². The van der Waals surface area contributed by atoms with Gasteiger partial charge in [0.05, 0.1) is 5.69 Å². The highest BCUT2D eigenvalue weighted by molar-refractivity contribution is 7.89. The zero-order valence-electron chi connectivity index (χ0n) is 10.2. The fourth-order valence-corrected chi connectivity index (χ4v) is 4.10. The van der Waals surface area contributed by atoms with Crippen molar-refractivity contribution in [3.63, 3.8) is 0 Å². The first-order chi connectivity index (χ1) is 8.34. The fraction of sp³-hybridized carbons (Fsp3) is 0.500. The van der Waals surface area contributed by atoms with Gasteiger partial charge in [-0.1, -0.05) is 18.9 Å². The summed E-state index contributed by atoms with van der Waals surface area (Å²) in [7, 11) is -3.91. The minimum absolute atomic E-state index is 0.0657. The fourth-order valence-electron chi connectivity index (χ4n) is 2.44. The maximum absolute atomic E-state index is 13.6. The van der Waals surface area contributed by atoms with Gasteiger partial charge in [-0.25, -0.2) is 17.5 Å². The lowest BCUT2D eigenvalue weighted by molar-refractivity contribution is 0.426. The summed E-state index contributed by atoms with van der Waals surface area (Å²) in [4.78, 5) is -0.446. The van der Waals surface area contributed by atoms with E-state index in [0.29, 0.717) is 0 Å². The maximum Gasteiger partial charge on any atom is 0.246 e. The van der Waals surface area contributed by atoms with E-state index >= 15 is 0 Å². The molecule has 0 amide bonds. The number of nitrogens with one attached hydrogen (secondary N) is 1. The molecule has 4 nitrogen and oxygen atoms in total. The molecular formula is C12H17FN2O2S. The average molecular weight is 272 g/mol. The number of hydrogen-bond donors (Lipinski definition) is 2. The van der Waals surface area contributed by atoms with Crippen LogP contribution in [0.4, 0.5) is 10.1 Å². The minimum atomic E-state index is -3.91. The first-order valence-electron chi connectivity index (χ1n) is 5.92. The van der Waals surface area contributed by atoms with Crippen molar-refractivity contribution in [1.82, 2.24) is 4.72 Å². The molecule has 1 aromatic carbocycles. The summed E-state index contributed by atoms with van der Waals surface area (Å²) < 4.78 is 40.6. The molecular weight excluding hydrogens is 255 g/mol. The number of nitrogen functional groups attached to an aromatic ring is 1. The second-order valence-electron chi connectivity index (χ2n) is 5.03. The molecule has 1 aliphatic rings. The zero-order valence-corrected chi connectivity index (χ0v) is 11.1. The van der Waals surface area contributed by atoms with E-state index in [2.05, 4.69) is 4.72 Å². The molecule has 0 aromatic heterocycles. The third-order valence-corrected chi connectivity index (χ3v) is 5.08. The Labute approximate surface area is 106 Å². The van der Waals surface area contributed by atoms with Gasteiger partial charge in [-0.15, -0.1) is 0 Å². The van der Waals surface area contributed by atoms with Crippen molar-refractivity contribution in [2.24, 2.45) is 0 Å². The predicted octanol–water partition coefficient (Wildman–Crippen LogP) is 2.02. The molecule has 0 atom stereocenters. The molecule has 2 rings (SSSR count). The molecule has 0 radical (unpaired) electrons. The number of halogens is 1. The van der Waals surface area contributed by atoms with Crippen LogP contribution in [0.15, 0.2) is 23.1 Å². The molecule has 1 aliphatic carbocycles. The highest BCUT2D eigenvalue weighted by Gasteiger charge is 2.35. The number of benzene rings is 1. The Morgan fingerprint density at radius 2 is 1.94 bits per heavy atom. The lowest BCUT2D eigenvalue weighted by Crippen LogP contribution is -2.43. The van der Waals surface area contributed by atoms with E-state index < -0.39 is 26.3 Å². The second kappa shape index (κ2) is 4.51. The molecule has 1 saturated carbocycles. The summed E-state index contributed by atoms with van der Waals surface area (Å²) in [6, 6.07) is 3.87. The predicted molar refractivity (Wildman–Crippen MR) is 68.0 cm³/mol. The van der Waals surface area contributed by atoms with Crippen molar-refractivity contribution in [2.75, 3.05) is 5.73 Å². The van der Waals surface area contributed by atoms with Crippen molar-refractivity contribution in [2.45, 2.75) is 43.0 Å². The van der Waals surface area contributed by atoms with Gasteiger partial charge in [-0.3, -0.25) is 0 Å². The van der Waals surface area contributed by atoms with Crippen LogP contribution in [0.25, 0.3) is 0 Å². The standard InChI is InChI=1S/C12H17FN2O2S/c1-12(7-2-3-8-12)15-18(16,17)11-9(13)5-4-6-10(11)14/h4-6,15H,2-3,7-8,14H2,1H3. The number of rotatable bonds is 3. The van der Waals surface area contributed by atoms with E-state index in [1.807, 2.05) is 6.92 Å². The van der Waals surface area contributed by atoms with Gasteiger partial charge in [0.25, 0.3) is 0 Å². The Hall–Kier alpha value is -1.14. The van der Waals surface area contributed by atoms with Gasteiger partial charge in [0.2, 0.25) is 10.0 Å². The van der Waals surface area contributed by atoms with Crippen molar-refractivity contribution in [3.05, 3.63) is 24.0 Å². The lowest BCUT2D eigenvalue weighted by Gasteiger charge is -2.25. The van der Waals surface area contributed by atoms with Crippen LogP contribution < -0.4 is 10.5 Å². The molecule has 0 unspecified atom stereocenters. The molecule has 1 aromatic rings. The normalized spacial score (nSPS) is 19.0. The third kappa shape index (κ3) is 2.49. The molecule has 3 N–H and O–H groups in total. The summed E-state index contributed by atoms with van der Waals surface area (Å²) in [6.07, 6.45) is 3.48. The second-order valence-corrected chi connectivity index (χ2v) is 6.65. The summed E-state index contributed by atoms with van der Waals surface area (Å²) in [5.41, 5.74) is 5.01. The first-order valence-corrected chi connectivity index (χ1v) is 7.40. The molecule has 6 heteroatoms. The molecule has 0 bridgehead atoms. The van der Waals surface area contributed by atoms with Crippen molar-refractivity contribution in [1.29, 1.82) is 0 Å². The molecule has 1 fully saturated rings. The van der Waals surface area contributed by atoms with E-state index in [-0.39, 0.29) is 5.69 Å². The minimum Gasteiger partial charge on any atom is -0.398 e. The van der Waals surface area contributed by atoms with Gasteiger partial charge in [0, 0.05) is 5.54 Å². The Morgan fingerprint density at radius 1 is 1.33 bits per heavy atom. The smallest absolute Gasteiger partial charge is 0.246 e. The number of hydrogen-bond acceptors (Lipinski definition) is 3. The Balaban J connectivity index is 2.37. The highest BCUT2D eigenvalue weighted by atomic mass is 32.2. The lowest BCUT2D eigenvalue weighted by atomic mass is 10.0. The third-order valence-electron chi connectivity index (χ3n) is 3.35. The van der Waals surface area contributed by atoms with Crippen LogP contribution in [0.1, 0.15) is 32.6 Å². The molecule has 18 heavy (non-hydrogen) atoms. The molecule has 0 heterocycles. The highest BCUT2D eigenvalue weighted by Crippen LogP contribution is 2.32. The number of nitrogens with two attached hydrogens (primary N) is 1. The van der Waals surface area contributed by atoms with Crippen molar-refractivity contribution < 1.29 is 12.8 Å². The Kier molecular flexibility index (Phi) is 3.33. The summed E-state index contributed by atoms with van der Waals surface area (Å²) >= 11 is 0. The van der Waals surface area contributed by atoms with Crippen LogP contribution in [0.2, 0.25) is 0 Å². The Morgan fingerprint density at radius 3 is 2.50 bits per heavy atom. The summed E-state index contributed by atoms with van der Waals surface area (Å²) in [6.45, 7) is 1.84. The van der Waals surface area contributed by atoms with Crippen LogP contribution in [0.3, 0.4) is 0 Å². The van der Waals surface area contributed by atoms with Crippen LogP contribution in [0.5, 0.6) is 0 Å². The van der Waals surface area contributed by atoms with Crippen molar-refractivity contribution >= 4 is 15.7 Å². The van der Waals surface area contributed by atoms with Gasteiger partial charge in [0.15, 0.2) is 0 Å². The summed E-state index contributed by atoms with van der Waals surface area (Å²) in [5, 5.41) is 0. The van der Waals surface area contributed by atoms with E-state index in [4.69, 9.17) is 5.73 Å². The topological polar surface area (TPSA) is 72.2 Å². The first kappa shape index (κ1) is 13.3. The monoisotopic (exact) mass is 272 g/mol. The number of sulfonamides is 1. The summed E-state index contributed by atoms with van der Waals surface area (Å²) in [5.74, 6) is -0.816. The van der Waals surface area contributed by atoms with Gasteiger partial charge >= 0.3 is 0 Å². The van der Waals surface area contributed by atoms with Gasteiger partial charge in [-0.2, -0.15) is 0 Å². The Bertz CT molecular complexity index is 531. The van der Waals surface area contributed by atoms with Crippen LogP contribution in [0, 0.1) is 5.82 Å². The van der Waals surface area contributed by atoms with Gasteiger partial charge < -0.3 is 5.73 Å². The average Bonchev–Trinajstić information content (AvgIpc) is 2.62. The van der Waals surface area contributed by atoms with Crippen molar-refractivity contribution in [3.8, 4) is 0 Å². The van der Waals surface area contributed by atoms with Gasteiger partial charge in [0.1, 0.15) is 10.7 Å². The molecule has 0 spiro atoms. The van der Waals surface area contributed by atoms with E-state index in [1.165, 1.54) is 12.1 Å². The van der Waals surface area contributed by atoms with Crippen LogP contribution in [-0.4, -0.2) is 14.0 Å². The maximum atomic E-state index is 13.6. The molecule has 0 aliphatic heterocycles. The SMILES string of the molecule is CC1(NS(=O)(=O)c2c(N)cccc2F)CCCC1. The zero-order chi connectivity index (χ0) is 13.4. The van der Waals surface area contributed by atoms with E-state index in [0.717, 1.165) is 31.7 Å².